The van der Waals surface area contributed by atoms with Crippen molar-refractivity contribution in [2.75, 3.05) is 10.6 Å². The molecular weight excluding hydrogens is 338 g/mol. The summed E-state index contributed by atoms with van der Waals surface area (Å²) in [6.45, 7) is 0. The molecule has 0 bridgehead atoms. The van der Waals surface area contributed by atoms with Gasteiger partial charge in [-0.2, -0.15) is 23.3 Å². The molecule has 0 saturated heterocycles. The Bertz CT molecular complexity index is 882. The maximum absolute atomic E-state index is 13.6. The maximum Gasteiger partial charge on any atom is 0.416 e. The molecule has 0 spiro atoms. The van der Waals surface area contributed by atoms with E-state index in [-0.39, 0.29) is 23.1 Å². The summed E-state index contributed by atoms with van der Waals surface area (Å²) in [7, 11) is 0. The van der Waals surface area contributed by atoms with Gasteiger partial charge in [0, 0.05) is 5.69 Å². The Morgan fingerprint density at radius 1 is 0.920 bits per heavy atom. The molecule has 0 unspecified atom stereocenters. The second-order valence-electron chi connectivity index (χ2n) is 4.97. The van der Waals surface area contributed by atoms with Gasteiger partial charge in [-0.15, -0.1) is 5.10 Å². The predicted molar refractivity (Wildman–Crippen MR) is 84.2 cm³/mol. The number of hydrogen-bond acceptors (Lipinski definition) is 5. The van der Waals surface area contributed by atoms with E-state index in [1.807, 2.05) is 0 Å². The highest BCUT2D eigenvalue weighted by Crippen LogP contribution is 2.31. The van der Waals surface area contributed by atoms with E-state index in [1.165, 1.54) is 36.5 Å². The number of rotatable bonds is 4. The maximum atomic E-state index is 13.6. The lowest BCUT2D eigenvalue weighted by Crippen LogP contribution is -2.06. The minimum atomic E-state index is -4.45. The van der Waals surface area contributed by atoms with Crippen molar-refractivity contribution < 1.29 is 17.6 Å². The minimum Gasteiger partial charge on any atom is -0.339 e. The van der Waals surface area contributed by atoms with E-state index in [0.717, 1.165) is 12.1 Å². The van der Waals surface area contributed by atoms with Gasteiger partial charge in [-0.3, -0.25) is 0 Å². The van der Waals surface area contributed by atoms with Crippen molar-refractivity contribution in [3.05, 3.63) is 66.1 Å². The zero-order chi connectivity index (χ0) is 17.9. The summed E-state index contributed by atoms with van der Waals surface area (Å²) in [4.78, 5) is 4.05. The third-order valence-corrected chi connectivity index (χ3v) is 3.14. The summed E-state index contributed by atoms with van der Waals surface area (Å²) in [6, 6.07) is 10.6. The lowest BCUT2D eigenvalue weighted by atomic mass is 10.2. The third-order valence-electron chi connectivity index (χ3n) is 3.14. The van der Waals surface area contributed by atoms with E-state index in [1.54, 1.807) is 6.07 Å². The predicted octanol–water partition coefficient (Wildman–Crippen LogP) is 4.52. The van der Waals surface area contributed by atoms with E-state index in [9.17, 15) is 17.6 Å². The highest BCUT2D eigenvalue weighted by atomic mass is 19.4. The van der Waals surface area contributed by atoms with Crippen LogP contribution < -0.4 is 10.6 Å². The van der Waals surface area contributed by atoms with Crippen LogP contribution in [0.4, 0.5) is 40.7 Å². The summed E-state index contributed by atoms with van der Waals surface area (Å²) in [6.07, 6.45) is -3.20. The van der Waals surface area contributed by atoms with Crippen molar-refractivity contribution in [1.29, 1.82) is 0 Å². The van der Waals surface area contributed by atoms with Gasteiger partial charge in [-0.1, -0.05) is 18.2 Å². The third kappa shape index (κ3) is 4.19. The van der Waals surface area contributed by atoms with E-state index in [4.69, 9.17) is 0 Å². The summed E-state index contributed by atoms with van der Waals surface area (Å²) < 4.78 is 51.8. The number of alkyl halides is 3. The van der Waals surface area contributed by atoms with Crippen molar-refractivity contribution in [3.8, 4) is 0 Å². The Hall–Kier alpha value is -3.23. The minimum absolute atomic E-state index is 0.00192. The topological polar surface area (TPSA) is 62.7 Å². The van der Waals surface area contributed by atoms with Crippen LogP contribution in [0.15, 0.2) is 54.7 Å². The van der Waals surface area contributed by atoms with Crippen molar-refractivity contribution in [2.45, 2.75) is 6.18 Å². The molecule has 5 nitrogen and oxygen atoms in total. The van der Waals surface area contributed by atoms with Gasteiger partial charge in [0.05, 0.1) is 17.4 Å². The molecule has 3 rings (SSSR count). The fraction of sp³-hybridized carbons (Fsp3) is 0.0625. The van der Waals surface area contributed by atoms with Crippen molar-refractivity contribution in [3.63, 3.8) is 0 Å². The van der Waals surface area contributed by atoms with Gasteiger partial charge in [0.15, 0.2) is 5.82 Å². The van der Waals surface area contributed by atoms with E-state index < -0.39 is 17.6 Å². The summed E-state index contributed by atoms with van der Waals surface area (Å²) >= 11 is 0. The number of aromatic nitrogens is 3. The summed E-state index contributed by atoms with van der Waals surface area (Å²) in [5, 5.41) is 12.8. The van der Waals surface area contributed by atoms with E-state index >= 15 is 0 Å². The molecule has 1 aromatic heterocycles. The van der Waals surface area contributed by atoms with Crippen molar-refractivity contribution in [2.24, 2.45) is 0 Å². The van der Waals surface area contributed by atoms with Crippen LogP contribution in [0.2, 0.25) is 0 Å². The fourth-order valence-electron chi connectivity index (χ4n) is 2.02. The largest absolute Gasteiger partial charge is 0.416 e. The molecule has 0 atom stereocenters. The summed E-state index contributed by atoms with van der Waals surface area (Å²) in [5.41, 5.74) is -0.447. The first-order valence-electron chi connectivity index (χ1n) is 7.07. The second-order valence-corrected chi connectivity index (χ2v) is 4.97. The molecule has 2 aromatic carbocycles. The van der Waals surface area contributed by atoms with Crippen LogP contribution in [0.3, 0.4) is 0 Å². The Labute approximate surface area is 139 Å². The number of anilines is 4. The Morgan fingerprint density at radius 2 is 1.72 bits per heavy atom. The molecule has 0 aliphatic heterocycles. The molecule has 3 aromatic rings. The zero-order valence-electron chi connectivity index (χ0n) is 12.5. The SMILES string of the molecule is Fc1ccccc1Nc1nncc(Nc2cccc(C(F)(F)F)c2)n1. The zero-order valence-corrected chi connectivity index (χ0v) is 12.5. The number of nitrogens with one attached hydrogen (secondary N) is 2. The highest BCUT2D eigenvalue weighted by molar-refractivity contribution is 5.59. The highest BCUT2D eigenvalue weighted by Gasteiger charge is 2.30. The fourth-order valence-corrected chi connectivity index (χ4v) is 2.02. The first kappa shape index (κ1) is 16.6. The van der Waals surface area contributed by atoms with Gasteiger partial charge >= 0.3 is 6.18 Å². The molecule has 0 fully saturated rings. The lowest BCUT2D eigenvalue weighted by Gasteiger charge is -2.10. The van der Waals surface area contributed by atoms with Gasteiger partial charge in [0.25, 0.3) is 0 Å². The molecule has 0 saturated carbocycles. The lowest BCUT2D eigenvalue weighted by molar-refractivity contribution is -0.137. The van der Waals surface area contributed by atoms with Gasteiger partial charge in [-0.05, 0) is 30.3 Å². The van der Waals surface area contributed by atoms with E-state index in [0.29, 0.717) is 0 Å². The van der Waals surface area contributed by atoms with Crippen LogP contribution in [-0.4, -0.2) is 15.2 Å². The van der Waals surface area contributed by atoms with Crippen LogP contribution in [0.1, 0.15) is 5.56 Å². The second kappa shape index (κ2) is 6.71. The molecule has 9 heteroatoms. The monoisotopic (exact) mass is 349 g/mol. The molecule has 0 radical (unpaired) electrons. The van der Waals surface area contributed by atoms with Crippen molar-refractivity contribution >= 4 is 23.1 Å². The molecule has 128 valence electrons. The number of benzene rings is 2. The Balaban J connectivity index is 1.80. The molecule has 1 heterocycles. The quantitative estimate of drug-likeness (QED) is 0.678. The summed E-state index contributed by atoms with van der Waals surface area (Å²) in [5.74, 6) is -0.336. The normalized spacial score (nSPS) is 11.2. The Morgan fingerprint density at radius 3 is 2.48 bits per heavy atom. The molecular formula is C16H11F4N5. The van der Waals surface area contributed by atoms with Crippen LogP contribution >= 0.6 is 0 Å². The van der Waals surface area contributed by atoms with Crippen LogP contribution in [-0.2, 0) is 6.18 Å². The number of nitrogens with zero attached hydrogens (tertiary/aromatic N) is 3. The number of hydrogen-bond donors (Lipinski definition) is 2. The average molecular weight is 349 g/mol. The number of halogens is 4. The van der Waals surface area contributed by atoms with Gasteiger partial charge in [0.1, 0.15) is 5.82 Å². The van der Waals surface area contributed by atoms with Gasteiger partial charge < -0.3 is 10.6 Å². The van der Waals surface area contributed by atoms with E-state index in [2.05, 4.69) is 25.8 Å². The van der Waals surface area contributed by atoms with Crippen LogP contribution in [0, 0.1) is 5.82 Å². The van der Waals surface area contributed by atoms with Crippen LogP contribution in [0.25, 0.3) is 0 Å². The van der Waals surface area contributed by atoms with Crippen molar-refractivity contribution in [1.82, 2.24) is 15.2 Å². The first-order chi connectivity index (χ1) is 11.9. The molecule has 0 aliphatic carbocycles. The molecule has 25 heavy (non-hydrogen) atoms. The average Bonchev–Trinajstić information content (AvgIpc) is 2.57. The Kier molecular flexibility index (Phi) is 4.46. The molecule has 2 N–H and O–H groups in total. The number of para-hydroxylation sites is 1. The standard InChI is InChI=1S/C16H11F4N5/c17-12-6-1-2-7-13(12)23-15-24-14(9-21-25-15)22-11-5-3-4-10(8-11)16(18,19)20/h1-9H,(H2,22,23,24,25). The van der Waals surface area contributed by atoms with Gasteiger partial charge in [-0.25, -0.2) is 4.39 Å². The first-order valence-corrected chi connectivity index (χ1v) is 7.07. The molecule has 0 aliphatic rings. The smallest absolute Gasteiger partial charge is 0.339 e. The van der Waals surface area contributed by atoms with Gasteiger partial charge in [0.2, 0.25) is 5.95 Å². The molecule has 0 amide bonds. The van der Waals surface area contributed by atoms with Crippen LogP contribution in [0.5, 0.6) is 0 Å².